The second kappa shape index (κ2) is 8.41. The molecule has 8 nitrogen and oxygen atoms in total. The van der Waals surface area contributed by atoms with Gasteiger partial charge in [-0.05, 0) is 38.8 Å². The van der Waals surface area contributed by atoms with E-state index in [0.717, 1.165) is 0 Å². The van der Waals surface area contributed by atoms with Crippen LogP contribution in [-0.2, 0) is 27.9 Å². The van der Waals surface area contributed by atoms with Crippen LogP contribution in [0.25, 0.3) is 0 Å². The maximum atomic E-state index is 12.6. The maximum absolute atomic E-state index is 12.6. The van der Waals surface area contributed by atoms with Crippen LogP contribution in [0.4, 0.5) is 0 Å². The summed E-state index contributed by atoms with van der Waals surface area (Å²) in [6.45, 7) is 6.11. The van der Waals surface area contributed by atoms with E-state index in [1.165, 1.54) is 6.33 Å². The van der Waals surface area contributed by atoms with Gasteiger partial charge in [-0.15, -0.1) is 0 Å². The standard InChI is InChI=1S/C17H25N5O3S/c1-17(2,3)21-26(24,25)15-8-5-4-7-14(15)11-19-16(23)9-6-10-22-13-18-12-20-22/h4-5,7-8,12-13,21H,6,9-11H2,1-3H3,(H,19,23). The topological polar surface area (TPSA) is 106 Å². The van der Waals surface area contributed by atoms with Gasteiger partial charge in [0.25, 0.3) is 0 Å². The predicted octanol–water partition coefficient (Wildman–Crippen LogP) is 1.45. The van der Waals surface area contributed by atoms with E-state index < -0.39 is 15.6 Å². The van der Waals surface area contributed by atoms with Gasteiger partial charge in [0.05, 0.1) is 4.90 Å². The van der Waals surface area contributed by atoms with Gasteiger partial charge in [-0.2, -0.15) is 5.10 Å². The average Bonchev–Trinajstić information content (AvgIpc) is 3.04. The van der Waals surface area contributed by atoms with Crippen molar-refractivity contribution in [1.82, 2.24) is 24.8 Å². The molecular formula is C17H25N5O3S. The van der Waals surface area contributed by atoms with E-state index in [1.807, 2.05) is 0 Å². The molecule has 0 aliphatic heterocycles. The number of nitrogens with zero attached hydrogens (tertiary/aromatic N) is 3. The lowest BCUT2D eigenvalue weighted by Gasteiger charge is -2.21. The van der Waals surface area contributed by atoms with Crippen molar-refractivity contribution in [3.63, 3.8) is 0 Å². The summed E-state index contributed by atoms with van der Waals surface area (Å²) >= 11 is 0. The van der Waals surface area contributed by atoms with E-state index in [0.29, 0.717) is 24.9 Å². The minimum Gasteiger partial charge on any atom is -0.352 e. The molecule has 2 rings (SSSR count). The molecule has 0 aliphatic carbocycles. The van der Waals surface area contributed by atoms with Crippen molar-refractivity contribution in [1.29, 1.82) is 0 Å². The Labute approximate surface area is 154 Å². The fraction of sp³-hybridized carbons (Fsp3) is 0.471. The number of hydrogen-bond donors (Lipinski definition) is 2. The highest BCUT2D eigenvalue weighted by atomic mass is 32.2. The van der Waals surface area contributed by atoms with E-state index in [-0.39, 0.29) is 17.3 Å². The number of benzene rings is 1. The fourth-order valence-corrected chi connectivity index (χ4v) is 4.06. The van der Waals surface area contributed by atoms with Crippen LogP contribution in [0.1, 0.15) is 39.2 Å². The minimum atomic E-state index is -3.66. The number of amides is 1. The smallest absolute Gasteiger partial charge is 0.241 e. The Bertz CT molecular complexity index is 826. The largest absolute Gasteiger partial charge is 0.352 e. The SMILES string of the molecule is CC(C)(C)NS(=O)(=O)c1ccccc1CNC(=O)CCCn1cncn1. The number of carbonyl (C=O) groups excluding carboxylic acids is 1. The van der Waals surface area contributed by atoms with Crippen molar-refractivity contribution in [2.75, 3.05) is 0 Å². The first-order chi connectivity index (χ1) is 12.2. The molecule has 1 aromatic heterocycles. The lowest BCUT2D eigenvalue weighted by Crippen LogP contribution is -2.41. The van der Waals surface area contributed by atoms with Crippen molar-refractivity contribution in [3.8, 4) is 0 Å². The number of sulfonamides is 1. The van der Waals surface area contributed by atoms with Crippen molar-refractivity contribution in [2.24, 2.45) is 0 Å². The highest BCUT2D eigenvalue weighted by Gasteiger charge is 2.24. The minimum absolute atomic E-state index is 0.138. The van der Waals surface area contributed by atoms with Crippen molar-refractivity contribution in [2.45, 2.75) is 57.1 Å². The molecular weight excluding hydrogens is 354 g/mol. The van der Waals surface area contributed by atoms with Gasteiger partial charge in [-0.25, -0.2) is 18.1 Å². The summed E-state index contributed by atoms with van der Waals surface area (Å²) < 4.78 is 29.4. The van der Waals surface area contributed by atoms with Crippen LogP contribution in [0, 0.1) is 0 Å². The fourth-order valence-electron chi connectivity index (χ4n) is 2.40. The first-order valence-corrected chi connectivity index (χ1v) is 9.87. The summed E-state index contributed by atoms with van der Waals surface area (Å²) in [5.74, 6) is -0.138. The first kappa shape index (κ1) is 20.1. The Kier molecular flexibility index (Phi) is 6.49. The molecule has 142 valence electrons. The van der Waals surface area contributed by atoms with Gasteiger partial charge in [0, 0.05) is 25.0 Å². The van der Waals surface area contributed by atoms with Gasteiger partial charge >= 0.3 is 0 Å². The van der Waals surface area contributed by atoms with Crippen molar-refractivity contribution in [3.05, 3.63) is 42.5 Å². The number of aromatic nitrogens is 3. The van der Waals surface area contributed by atoms with Gasteiger partial charge < -0.3 is 5.32 Å². The monoisotopic (exact) mass is 379 g/mol. The zero-order valence-electron chi connectivity index (χ0n) is 15.3. The Hall–Kier alpha value is -2.26. The summed E-state index contributed by atoms with van der Waals surface area (Å²) in [5, 5.41) is 6.75. The highest BCUT2D eigenvalue weighted by Crippen LogP contribution is 2.17. The van der Waals surface area contributed by atoms with E-state index in [9.17, 15) is 13.2 Å². The Morgan fingerprint density at radius 2 is 1.96 bits per heavy atom. The van der Waals surface area contributed by atoms with Crippen LogP contribution < -0.4 is 10.0 Å². The maximum Gasteiger partial charge on any atom is 0.241 e. The Balaban J connectivity index is 1.94. The summed E-state index contributed by atoms with van der Waals surface area (Å²) in [7, 11) is -3.66. The second-order valence-corrected chi connectivity index (χ2v) is 8.65. The molecule has 0 saturated heterocycles. The highest BCUT2D eigenvalue weighted by molar-refractivity contribution is 7.89. The van der Waals surface area contributed by atoms with E-state index in [2.05, 4.69) is 20.1 Å². The van der Waals surface area contributed by atoms with Gasteiger partial charge in [0.2, 0.25) is 15.9 Å². The molecule has 2 aromatic rings. The molecule has 2 N–H and O–H groups in total. The molecule has 1 aromatic carbocycles. The van der Waals surface area contributed by atoms with Crippen LogP contribution in [0.2, 0.25) is 0 Å². The summed E-state index contributed by atoms with van der Waals surface area (Å²) in [6, 6.07) is 6.66. The molecule has 26 heavy (non-hydrogen) atoms. The molecule has 0 aliphatic rings. The number of carbonyl (C=O) groups is 1. The van der Waals surface area contributed by atoms with Crippen LogP contribution in [0.15, 0.2) is 41.8 Å². The summed E-state index contributed by atoms with van der Waals surface area (Å²) in [6.07, 6.45) is 4.00. The molecule has 1 heterocycles. The third kappa shape index (κ3) is 6.23. The van der Waals surface area contributed by atoms with Crippen LogP contribution in [0.5, 0.6) is 0 Å². The zero-order valence-corrected chi connectivity index (χ0v) is 16.1. The Morgan fingerprint density at radius 1 is 1.23 bits per heavy atom. The lowest BCUT2D eigenvalue weighted by molar-refractivity contribution is -0.121. The number of nitrogens with one attached hydrogen (secondary N) is 2. The van der Waals surface area contributed by atoms with Crippen LogP contribution >= 0.6 is 0 Å². The van der Waals surface area contributed by atoms with Gasteiger partial charge in [-0.3, -0.25) is 9.48 Å². The molecule has 0 unspecified atom stereocenters. The quantitative estimate of drug-likeness (QED) is 0.722. The molecule has 0 bridgehead atoms. The van der Waals surface area contributed by atoms with Gasteiger partial charge in [0.15, 0.2) is 0 Å². The summed E-state index contributed by atoms with van der Waals surface area (Å²) in [5.41, 5.74) is -0.0369. The molecule has 0 spiro atoms. The van der Waals surface area contributed by atoms with Crippen molar-refractivity contribution < 1.29 is 13.2 Å². The van der Waals surface area contributed by atoms with E-state index >= 15 is 0 Å². The van der Waals surface area contributed by atoms with Gasteiger partial charge in [0.1, 0.15) is 12.7 Å². The zero-order chi connectivity index (χ0) is 19.2. The van der Waals surface area contributed by atoms with Crippen molar-refractivity contribution >= 4 is 15.9 Å². The third-order valence-electron chi connectivity index (χ3n) is 3.44. The lowest BCUT2D eigenvalue weighted by atomic mass is 10.1. The number of hydrogen-bond acceptors (Lipinski definition) is 5. The number of rotatable bonds is 8. The van der Waals surface area contributed by atoms with Crippen LogP contribution in [-0.4, -0.2) is 34.6 Å². The van der Waals surface area contributed by atoms with E-state index in [1.54, 1.807) is 56.0 Å². The van der Waals surface area contributed by atoms with Gasteiger partial charge in [-0.1, -0.05) is 18.2 Å². The summed E-state index contributed by atoms with van der Waals surface area (Å²) in [4.78, 5) is 16.0. The molecule has 0 fully saturated rings. The first-order valence-electron chi connectivity index (χ1n) is 8.38. The second-order valence-electron chi connectivity index (χ2n) is 7.00. The predicted molar refractivity (Wildman–Crippen MR) is 97.6 cm³/mol. The normalized spacial score (nSPS) is 12.1. The number of aryl methyl sites for hydroxylation is 1. The van der Waals surface area contributed by atoms with Crippen LogP contribution in [0.3, 0.4) is 0 Å². The molecule has 0 atom stereocenters. The Morgan fingerprint density at radius 3 is 2.62 bits per heavy atom. The molecule has 0 saturated carbocycles. The average molecular weight is 379 g/mol. The van der Waals surface area contributed by atoms with E-state index in [4.69, 9.17) is 0 Å². The molecule has 9 heteroatoms. The molecule has 0 radical (unpaired) electrons. The third-order valence-corrected chi connectivity index (χ3v) is 5.29. The molecule has 1 amide bonds.